The van der Waals surface area contributed by atoms with Gasteiger partial charge in [-0.3, -0.25) is 14.4 Å². The molecule has 25 heavy (non-hydrogen) atoms. The summed E-state index contributed by atoms with van der Waals surface area (Å²) < 4.78 is 0. The molecule has 2 saturated heterocycles. The van der Waals surface area contributed by atoms with Crippen molar-refractivity contribution in [2.45, 2.75) is 25.3 Å². The number of carboxylic acid groups (broad SMARTS) is 1. The molecule has 1 aromatic rings. The van der Waals surface area contributed by atoms with Crippen molar-refractivity contribution in [3.05, 3.63) is 35.4 Å². The summed E-state index contributed by atoms with van der Waals surface area (Å²) in [6.45, 7) is 1.67. The Labute approximate surface area is 146 Å². The lowest BCUT2D eigenvalue weighted by Crippen LogP contribution is -2.63. The van der Waals surface area contributed by atoms with E-state index in [2.05, 4.69) is 4.90 Å². The monoisotopic (exact) mass is 345 g/mol. The molecule has 2 amide bonds. The number of carboxylic acids is 1. The maximum atomic E-state index is 12.8. The summed E-state index contributed by atoms with van der Waals surface area (Å²) in [4.78, 5) is 39.6. The van der Waals surface area contributed by atoms with E-state index in [0.717, 1.165) is 13.0 Å². The largest absolute Gasteiger partial charge is 0.481 e. The minimum Gasteiger partial charge on any atom is -0.481 e. The fraction of sp³-hybridized carbons (Fsp3) is 0.500. The molecule has 0 saturated carbocycles. The van der Waals surface area contributed by atoms with Gasteiger partial charge in [0.15, 0.2) is 0 Å². The van der Waals surface area contributed by atoms with Gasteiger partial charge in [-0.2, -0.15) is 0 Å². The van der Waals surface area contributed by atoms with Gasteiger partial charge in [-0.05, 0) is 57.1 Å². The fourth-order valence-electron chi connectivity index (χ4n) is 4.13. The molecule has 2 fully saturated rings. The van der Waals surface area contributed by atoms with Crippen molar-refractivity contribution in [1.82, 2.24) is 9.80 Å². The van der Waals surface area contributed by atoms with Crippen LogP contribution in [0.3, 0.4) is 0 Å². The summed E-state index contributed by atoms with van der Waals surface area (Å²) in [5.41, 5.74) is 5.29. The Morgan fingerprint density at radius 2 is 1.76 bits per heavy atom. The highest BCUT2D eigenvalue weighted by atomic mass is 16.4. The molecule has 0 spiro atoms. The highest BCUT2D eigenvalue weighted by Crippen LogP contribution is 2.42. The molecule has 2 atom stereocenters. The number of likely N-dealkylation sites (tertiary alicyclic amines) is 2. The van der Waals surface area contributed by atoms with E-state index in [-0.39, 0.29) is 11.9 Å². The quantitative estimate of drug-likeness (QED) is 0.843. The van der Waals surface area contributed by atoms with E-state index < -0.39 is 17.3 Å². The van der Waals surface area contributed by atoms with Crippen LogP contribution in [0.1, 0.15) is 40.0 Å². The molecule has 134 valence electrons. The number of nitrogens with two attached hydrogens (primary N) is 1. The van der Waals surface area contributed by atoms with Crippen molar-refractivity contribution < 1.29 is 19.5 Å². The van der Waals surface area contributed by atoms with Crippen molar-refractivity contribution in [3.63, 3.8) is 0 Å². The number of primary amides is 1. The van der Waals surface area contributed by atoms with E-state index >= 15 is 0 Å². The van der Waals surface area contributed by atoms with Gasteiger partial charge in [-0.15, -0.1) is 0 Å². The SMILES string of the molecule is CN1CCC[C@]2(C(=O)O)CCN(C(=O)c3ccc(C(N)=O)cc3)C[C@@H]12. The maximum Gasteiger partial charge on any atom is 0.311 e. The van der Waals surface area contributed by atoms with Crippen LogP contribution in [0.25, 0.3) is 0 Å². The standard InChI is InChI=1S/C18H23N3O4/c1-20-9-2-7-18(17(24)25)8-10-21(11-14(18)20)16(23)13-5-3-12(4-6-13)15(19)22/h3-6,14H,2,7-11H2,1H3,(H2,19,22)(H,24,25)/t14-,18+/m1/s1. The number of benzene rings is 1. The number of amides is 2. The molecule has 0 aromatic heterocycles. The number of rotatable bonds is 3. The highest BCUT2D eigenvalue weighted by Gasteiger charge is 2.52. The topological polar surface area (TPSA) is 104 Å². The number of piperidine rings is 2. The number of carbonyl (C=O) groups is 3. The third kappa shape index (κ3) is 3.00. The van der Waals surface area contributed by atoms with E-state index in [9.17, 15) is 19.5 Å². The Hall–Kier alpha value is -2.41. The van der Waals surface area contributed by atoms with E-state index in [1.165, 1.54) is 12.1 Å². The summed E-state index contributed by atoms with van der Waals surface area (Å²) >= 11 is 0. The van der Waals surface area contributed by atoms with Crippen LogP contribution in [-0.4, -0.2) is 65.4 Å². The zero-order chi connectivity index (χ0) is 18.2. The molecule has 0 bridgehead atoms. The molecule has 0 radical (unpaired) electrons. The Morgan fingerprint density at radius 1 is 1.12 bits per heavy atom. The van der Waals surface area contributed by atoms with Gasteiger partial charge < -0.3 is 20.6 Å². The lowest BCUT2D eigenvalue weighted by atomic mass is 9.68. The van der Waals surface area contributed by atoms with Crippen LogP contribution in [0.5, 0.6) is 0 Å². The number of likely N-dealkylation sites (N-methyl/N-ethyl adjacent to an activating group) is 1. The van der Waals surface area contributed by atoms with Gasteiger partial charge in [0.2, 0.25) is 5.91 Å². The van der Waals surface area contributed by atoms with Crippen molar-refractivity contribution >= 4 is 17.8 Å². The van der Waals surface area contributed by atoms with Crippen molar-refractivity contribution in [3.8, 4) is 0 Å². The summed E-state index contributed by atoms with van der Waals surface area (Å²) in [6.07, 6.45) is 1.98. The first-order valence-electron chi connectivity index (χ1n) is 8.48. The Kier molecular flexibility index (Phi) is 4.51. The summed E-state index contributed by atoms with van der Waals surface area (Å²) in [7, 11) is 1.93. The molecule has 0 aliphatic carbocycles. The van der Waals surface area contributed by atoms with Crippen LogP contribution < -0.4 is 5.73 Å². The number of aliphatic carboxylic acids is 1. The normalized spacial score (nSPS) is 26.8. The van der Waals surface area contributed by atoms with E-state index in [0.29, 0.717) is 37.1 Å². The Morgan fingerprint density at radius 3 is 2.36 bits per heavy atom. The second kappa shape index (κ2) is 6.48. The predicted molar refractivity (Wildman–Crippen MR) is 91.2 cm³/mol. The van der Waals surface area contributed by atoms with Crippen molar-refractivity contribution in [1.29, 1.82) is 0 Å². The summed E-state index contributed by atoms with van der Waals surface area (Å²) in [5, 5.41) is 9.79. The van der Waals surface area contributed by atoms with Gasteiger partial charge in [-0.1, -0.05) is 0 Å². The second-order valence-electron chi connectivity index (χ2n) is 7.00. The van der Waals surface area contributed by atoms with Gasteiger partial charge in [0.05, 0.1) is 5.41 Å². The first-order chi connectivity index (χ1) is 11.8. The van der Waals surface area contributed by atoms with Gasteiger partial charge in [0, 0.05) is 30.3 Å². The van der Waals surface area contributed by atoms with Gasteiger partial charge >= 0.3 is 5.97 Å². The number of fused-ring (bicyclic) bond motifs is 1. The minimum atomic E-state index is -0.764. The molecule has 2 aliphatic rings. The van der Waals surface area contributed by atoms with Crippen molar-refractivity contribution in [2.75, 3.05) is 26.7 Å². The molecule has 7 heteroatoms. The van der Waals surface area contributed by atoms with Crippen LogP contribution in [0, 0.1) is 5.41 Å². The number of hydrogen-bond acceptors (Lipinski definition) is 4. The van der Waals surface area contributed by atoms with Gasteiger partial charge in [0.1, 0.15) is 0 Å². The Bertz CT molecular complexity index is 703. The number of nitrogens with zero attached hydrogens (tertiary/aromatic N) is 2. The van der Waals surface area contributed by atoms with E-state index in [1.807, 2.05) is 7.05 Å². The lowest BCUT2D eigenvalue weighted by Gasteiger charge is -2.51. The molecule has 3 rings (SSSR count). The second-order valence-corrected chi connectivity index (χ2v) is 7.00. The van der Waals surface area contributed by atoms with Crippen LogP contribution in [0.4, 0.5) is 0 Å². The molecule has 0 unspecified atom stereocenters. The number of carbonyl (C=O) groups excluding carboxylic acids is 2. The zero-order valence-corrected chi connectivity index (χ0v) is 14.3. The average molecular weight is 345 g/mol. The third-order valence-corrected chi connectivity index (χ3v) is 5.65. The van der Waals surface area contributed by atoms with Gasteiger partial charge in [0.25, 0.3) is 5.91 Å². The zero-order valence-electron chi connectivity index (χ0n) is 14.3. The predicted octanol–water partition coefficient (Wildman–Crippen LogP) is 0.797. The van der Waals surface area contributed by atoms with Gasteiger partial charge in [-0.25, -0.2) is 0 Å². The van der Waals surface area contributed by atoms with Crippen molar-refractivity contribution in [2.24, 2.45) is 11.1 Å². The summed E-state index contributed by atoms with van der Waals surface area (Å²) in [6, 6.07) is 6.07. The smallest absolute Gasteiger partial charge is 0.311 e. The minimum absolute atomic E-state index is 0.144. The van der Waals surface area contributed by atoms with Crippen LogP contribution in [0.15, 0.2) is 24.3 Å². The van der Waals surface area contributed by atoms with Crippen LogP contribution >= 0.6 is 0 Å². The Balaban J connectivity index is 1.79. The third-order valence-electron chi connectivity index (χ3n) is 5.65. The molecule has 7 nitrogen and oxygen atoms in total. The molecule has 2 aliphatic heterocycles. The van der Waals surface area contributed by atoms with Crippen LogP contribution in [-0.2, 0) is 4.79 Å². The first kappa shape index (κ1) is 17.4. The summed E-state index contributed by atoms with van der Waals surface area (Å²) in [5.74, 6) is -1.44. The maximum absolute atomic E-state index is 12.8. The molecular weight excluding hydrogens is 322 g/mol. The molecule has 3 N–H and O–H groups in total. The first-order valence-corrected chi connectivity index (χ1v) is 8.48. The fourth-order valence-corrected chi connectivity index (χ4v) is 4.13. The average Bonchev–Trinajstić information content (AvgIpc) is 2.61. The highest BCUT2D eigenvalue weighted by molar-refractivity contribution is 5.97. The lowest BCUT2D eigenvalue weighted by molar-refractivity contribution is -0.161. The van der Waals surface area contributed by atoms with Crippen LogP contribution in [0.2, 0.25) is 0 Å². The molecular formula is C18H23N3O4. The molecule has 2 heterocycles. The number of hydrogen-bond donors (Lipinski definition) is 2. The van der Waals surface area contributed by atoms with E-state index in [1.54, 1.807) is 17.0 Å². The van der Waals surface area contributed by atoms with E-state index in [4.69, 9.17) is 5.73 Å². The molecule has 1 aromatic carbocycles.